The van der Waals surface area contributed by atoms with E-state index in [-0.39, 0.29) is 46.4 Å². The molecule has 0 atom stereocenters. The van der Waals surface area contributed by atoms with Gasteiger partial charge in [-0.05, 0) is 42.8 Å². The second kappa shape index (κ2) is 11.5. The average Bonchev–Trinajstić information content (AvgIpc) is 2.63. The number of hydrogen-bond donors (Lipinski definition) is 2. The van der Waals surface area contributed by atoms with Gasteiger partial charge in [0.15, 0.2) is 0 Å². The van der Waals surface area contributed by atoms with Crippen LogP contribution in [0.15, 0.2) is 51.5 Å². The Kier molecular flexibility index (Phi) is 9.70. The number of nitrogens with zero attached hydrogens (tertiary/aromatic N) is 2. The Bertz CT molecular complexity index is 1030. The third-order valence-electron chi connectivity index (χ3n) is 3.40. The smallest absolute Gasteiger partial charge is 0.342 e. The minimum Gasteiger partial charge on any atom is -0.495 e. The first-order valence-electron chi connectivity index (χ1n) is 8.34. The summed E-state index contributed by atoms with van der Waals surface area (Å²) in [7, 11) is -2.82. The lowest BCUT2D eigenvalue weighted by molar-refractivity contribution is 0.329. The number of hydrogen-bond acceptors (Lipinski definition) is 7. The van der Waals surface area contributed by atoms with Crippen molar-refractivity contribution in [3.8, 4) is 17.2 Å². The van der Waals surface area contributed by atoms with Gasteiger partial charge in [0.25, 0.3) is 0 Å². The molecule has 9 nitrogen and oxygen atoms in total. The van der Waals surface area contributed by atoms with E-state index >= 15 is 0 Å². The molecule has 0 saturated carbocycles. The lowest BCUT2D eigenvalue weighted by atomic mass is 10.2. The van der Waals surface area contributed by atoms with Crippen molar-refractivity contribution >= 4 is 46.3 Å². The molecule has 0 spiro atoms. The highest BCUT2D eigenvalue weighted by atomic mass is 35.5. The van der Waals surface area contributed by atoms with Crippen LogP contribution in [0, 0.1) is 6.92 Å². The van der Waals surface area contributed by atoms with Gasteiger partial charge < -0.3 is 25.1 Å². The van der Waals surface area contributed by atoms with Gasteiger partial charge in [0.1, 0.15) is 22.1 Å². The van der Waals surface area contributed by atoms with Crippen molar-refractivity contribution in [1.82, 2.24) is 0 Å². The second-order valence-electron chi connectivity index (χ2n) is 5.77. The van der Waals surface area contributed by atoms with Crippen molar-refractivity contribution < 1.29 is 22.1 Å². The standard InChI is InChI=1S/C18H21ClN4O5S.ClH/c1-12-8-14(27-7-3-6-22-23-18(20)21)11-15(9-12)28-29(24,25)17-10-13(19)4-5-16(17)26-2;/h4-6,8-11H,3,7H2,1-2H3,(H4,20,21,23);1H. The summed E-state index contributed by atoms with van der Waals surface area (Å²) in [5, 5.41) is 7.35. The molecule has 0 aromatic heterocycles. The Morgan fingerprint density at radius 3 is 2.53 bits per heavy atom. The quantitative estimate of drug-likeness (QED) is 0.186. The van der Waals surface area contributed by atoms with Crippen LogP contribution in [0.2, 0.25) is 5.02 Å². The van der Waals surface area contributed by atoms with Crippen LogP contribution < -0.4 is 25.1 Å². The van der Waals surface area contributed by atoms with Gasteiger partial charge in [-0.15, -0.1) is 17.5 Å². The highest BCUT2D eigenvalue weighted by Gasteiger charge is 2.23. The minimum absolute atomic E-state index is 0. The number of methoxy groups -OCH3 is 1. The molecule has 0 saturated heterocycles. The molecular formula is C18H22Cl2N4O5S. The number of guanidine groups is 1. The van der Waals surface area contributed by atoms with Crippen LogP contribution in [0.4, 0.5) is 0 Å². The molecule has 0 fully saturated rings. The van der Waals surface area contributed by atoms with Gasteiger partial charge >= 0.3 is 10.1 Å². The van der Waals surface area contributed by atoms with Crippen molar-refractivity contribution in [3.63, 3.8) is 0 Å². The molecular weight excluding hydrogens is 455 g/mol. The number of rotatable bonds is 9. The predicted molar refractivity (Wildman–Crippen MR) is 119 cm³/mol. The Labute approximate surface area is 186 Å². The molecule has 0 aliphatic rings. The van der Waals surface area contributed by atoms with E-state index in [2.05, 4.69) is 10.2 Å². The summed E-state index contributed by atoms with van der Waals surface area (Å²) in [5.41, 5.74) is 11.1. The van der Waals surface area contributed by atoms with Crippen molar-refractivity contribution in [2.45, 2.75) is 18.2 Å². The number of ether oxygens (including phenoxy) is 2. The fourth-order valence-corrected chi connectivity index (χ4v) is 3.60. The molecule has 0 aliphatic carbocycles. The molecule has 0 bridgehead atoms. The van der Waals surface area contributed by atoms with Crippen LogP contribution in [-0.4, -0.2) is 34.3 Å². The summed E-state index contributed by atoms with van der Waals surface area (Å²) in [6.07, 6.45) is 1.93. The lowest BCUT2D eigenvalue weighted by Gasteiger charge is -2.13. The van der Waals surface area contributed by atoms with E-state index in [0.717, 1.165) is 5.56 Å². The van der Waals surface area contributed by atoms with Crippen LogP contribution in [0.1, 0.15) is 12.0 Å². The van der Waals surface area contributed by atoms with Gasteiger partial charge in [-0.1, -0.05) is 11.6 Å². The maximum Gasteiger partial charge on any atom is 0.342 e. The van der Waals surface area contributed by atoms with Crippen LogP contribution in [0.25, 0.3) is 0 Å². The Hall–Kier alpha value is -2.69. The molecule has 0 heterocycles. The summed E-state index contributed by atoms with van der Waals surface area (Å²) in [5.74, 6) is 0.512. The summed E-state index contributed by atoms with van der Waals surface area (Å²) in [6.45, 7) is 2.06. The first kappa shape index (κ1) is 25.3. The average molecular weight is 477 g/mol. The molecule has 0 unspecified atom stereocenters. The molecule has 0 aliphatic heterocycles. The van der Waals surface area contributed by atoms with E-state index in [4.69, 9.17) is 36.7 Å². The minimum atomic E-state index is -4.18. The van der Waals surface area contributed by atoms with E-state index in [0.29, 0.717) is 12.2 Å². The molecule has 2 aromatic carbocycles. The zero-order valence-electron chi connectivity index (χ0n) is 16.2. The molecule has 2 rings (SSSR count). The lowest BCUT2D eigenvalue weighted by Crippen LogP contribution is -2.21. The predicted octanol–water partition coefficient (Wildman–Crippen LogP) is 2.87. The Balaban J connectivity index is 0.00000450. The first-order chi connectivity index (χ1) is 13.7. The second-order valence-corrected chi connectivity index (χ2v) is 7.73. The van der Waals surface area contributed by atoms with Crippen molar-refractivity contribution in [1.29, 1.82) is 0 Å². The third kappa shape index (κ3) is 7.62. The van der Waals surface area contributed by atoms with Gasteiger partial charge in [-0.3, -0.25) is 0 Å². The van der Waals surface area contributed by atoms with E-state index in [1.165, 1.54) is 37.6 Å². The fraction of sp³-hybridized carbons (Fsp3) is 0.222. The summed E-state index contributed by atoms with van der Waals surface area (Å²) < 4.78 is 41.3. The molecule has 0 radical (unpaired) electrons. The maximum atomic E-state index is 12.7. The van der Waals surface area contributed by atoms with Gasteiger partial charge in [0, 0.05) is 23.7 Å². The molecule has 30 heavy (non-hydrogen) atoms. The SMILES string of the molecule is COc1ccc(Cl)cc1S(=O)(=O)Oc1cc(C)cc(OCCC=NN=C(N)N)c1.Cl. The third-order valence-corrected chi connectivity index (χ3v) is 4.90. The van der Waals surface area contributed by atoms with Crippen molar-refractivity contribution in [3.05, 3.63) is 47.0 Å². The van der Waals surface area contributed by atoms with E-state index < -0.39 is 10.1 Å². The number of halogens is 2. The Morgan fingerprint density at radius 1 is 1.17 bits per heavy atom. The summed E-state index contributed by atoms with van der Waals surface area (Å²) in [6, 6.07) is 9.02. The highest BCUT2D eigenvalue weighted by molar-refractivity contribution is 7.87. The summed E-state index contributed by atoms with van der Waals surface area (Å²) in [4.78, 5) is -0.174. The van der Waals surface area contributed by atoms with E-state index in [1.54, 1.807) is 19.1 Å². The van der Waals surface area contributed by atoms with Crippen LogP contribution in [0.5, 0.6) is 17.2 Å². The molecule has 4 N–H and O–H groups in total. The van der Waals surface area contributed by atoms with E-state index in [9.17, 15) is 8.42 Å². The molecule has 2 aromatic rings. The van der Waals surface area contributed by atoms with Crippen LogP contribution in [-0.2, 0) is 10.1 Å². The topological polar surface area (TPSA) is 139 Å². The zero-order valence-corrected chi connectivity index (χ0v) is 18.6. The number of nitrogens with two attached hydrogens (primary N) is 2. The summed E-state index contributed by atoms with van der Waals surface area (Å²) >= 11 is 5.92. The van der Waals surface area contributed by atoms with Crippen LogP contribution >= 0.6 is 24.0 Å². The van der Waals surface area contributed by atoms with Gasteiger partial charge in [0.2, 0.25) is 5.96 Å². The normalized spacial score (nSPS) is 10.9. The number of benzene rings is 2. The van der Waals surface area contributed by atoms with Crippen LogP contribution in [0.3, 0.4) is 0 Å². The zero-order chi connectivity index (χ0) is 21.4. The van der Waals surface area contributed by atoms with Crippen molar-refractivity contribution in [2.24, 2.45) is 21.7 Å². The molecule has 0 amide bonds. The number of aryl methyl sites for hydroxylation is 1. The van der Waals surface area contributed by atoms with Gasteiger partial charge in [0.05, 0.1) is 13.7 Å². The monoisotopic (exact) mass is 476 g/mol. The van der Waals surface area contributed by atoms with Gasteiger partial charge in [-0.25, -0.2) is 0 Å². The largest absolute Gasteiger partial charge is 0.495 e. The maximum absolute atomic E-state index is 12.7. The molecule has 164 valence electrons. The highest BCUT2D eigenvalue weighted by Crippen LogP contribution is 2.31. The van der Waals surface area contributed by atoms with Crippen molar-refractivity contribution in [2.75, 3.05) is 13.7 Å². The fourth-order valence-electron chi connectivity index (χ4n) is 2.26. The molecule has 12 heteroatoms. The van der Waals surface area contributed by atoms with E-state index in [1.807, 2.05) is 0 Å². The Morgan fingerprint density at radius 2 is 1.87 bits per heavy atom. The first-order valence-corrected chi connectivity index (χ1v) is 10.1. The van der Waals surface area contributed by atoms with Gasteiger partial charge in [-0.2, -0.15) is 13.5 Å².